The number of ketones is 1. The van der Waals surface area contributed by atoms with Gasteiger partial charge in [0.25, 0.3) is 0 Å². The van der Waals surface area contributed by atoms with E-state index in [-0.39, 0.29) is 11.7 Å². The van der Waals surface area contributed by atoms with Crippen molar-refractivity contribution in [3.05, 3.63) is 71.9 Å². The number of rotatable bonds is 6. The summed E-state index contributed by atoms with van der Waals surface area (Å²) in [5, 5.41) is 1.07. The molecular weight excluding hydrogens is 298 g/mol. The van der Waals surface area contributed by atoms with Crippen molar-refractivity contribution >= 4 is 16.7 Å². The van der Waals surface area contributed by atoms with Gasteiger partial charge in [-0.1, -0.05) is 31.2 Å². The van der Waals surface area contributed by atoms with E-state index in [1.165, 1.54) is 0 Å². The fourth-order valence-corrected chi connectivity index (χ4v) is 2.94. The van der Waals surface area contributed by atoms with Gasteiger partial charge in [0.2, 0.25) is 0 Å². The van der Waals surface area contributed by atoms with Gasteiger partial charge in [-0.25, -0.2) is 0 Å². The Labute approximate surface area is 142 Å². The molecule has 3 nitrogen and oxygen atoms in total. The molecule has 1 unspecified atom stereocenters. The van der Waals surface area contributed by atoms with Crippen LogP contribution in [0, 0.1) is 0 Å². The van der Waals surface area contributed by atoms with Gasteiger partial charge in [0.15, 0.2) is 0 Å². The standard InChI is InChI=1S/C21H21NO2/c1-15(17-5-3-7-20(14-17)24-2)11-19(23)13-16-8-9-21-18(12-16)6-4-10-22-21/h3-10,12,14-15H,11,13H2,1-2H3. The number of nitrogens with zero attached hydrogens (tertiary/aromatic N) is 1. The van der Waals surface area contributed by atoms with Crippen LogP contribution in [0.4, 0.5) is 0 Å². The van der Waals surface area contributed by atoms with Gasteiger partial charge in [0.05, 0.1) is 12.6 Å². The number of Topliss-reactive ketones (excluding diaryl/α,β-unsaturated/α-hetero) is 1. The molecule has 3 rings (SSSR count). The number of fused-ring (bicyclic) bond motifs is 1. The number of methoxy groups -OCH3 is 1. The zero-order valence-electron chi connectivity index (χ0n) is 14.0. The summed E-state index contributed by atoms with van der Waals surface area (Å²) in [6, 6.07) is 17.9. The number of carbonyl (C=O) groups excluding carboxylic acids is 1. The summed E-state index contributed by atoms with van der Waals surface area (Å²) in [7, 11) is 1.66. The molecule has 0 aliphatic rings. The SMILES string of the molecule is COc1cccc(C(C)CC(=O)Cc2ccc3ncccc3c2)c1. The van der Waals surface area contributed by atoms with Crippen LogP contribution in [0.2, 0.25) is 0 Å². The van der Waals surface area contributed by atoms with Gasteiger partial charge in [-0.2, -0.15) is 0 Å². The van der Waals surface area contributed by atoms with Crippen LogP contribution in [0.15, 0.2) is 60.8 Å². The fraction of sp³-hybridized carbons (Fsp3) is 0.238. The summed E-state index contributed by atoms with van der Waals surface area (Å²) in [5.74, 6) is 1.25. The zero-order chi connectivity index (χ0) is 16.9. The maximum absolute atomic E-state index is 12.4. The molecule has 0 bridgehead atoms. The monoisotopic (exact) mass is 319 g/mol. The average molecular weight is 319 g/mol. The first-order chi connectivity index (χ1) is 11.7. The lowest BCUT2D eigenvalue weighted by molar-refractivity contribution is -0.118. The molecule has 1 heterocycles. The Morgan fingerprint density at radius 3 is 2.83 bits per heavy atom. The highest BCUT2D eigenvalue weighted by Gasteiger charge is 2.13. The summed E-state index contributed by atoms with van der Waals surface area (Å²) >= 11 is 0. The first-order valence-electron chi connectivity index (χ1n) is 8.15. The number of hydrogen-bond donors (Lipinski definition) is 0. The van der Waals surface area contributed by atoms with Crippen LogP contribution in [0.1, 0.15) is 30.4 Å². The average Bonchev–Trinajstić information content (AvgIpc) is 2.61. The zero-order valence-corrected chi connectivity index (χ0v) is 14.0. The van der Waals surface area contributed by atoms with Crippen LogP contribution in [0.25, 0.3) is 10.9 Å². The number of pyridine rings is 1. The maximum Gasteiger partial charge on any atom is 0.137 e. The van der Waals surface area contributed by atoms with Crippen molar-refractivity contribution < 1.29 is 9.53 Å². The summed E-state index contributed by atoms with van der Waals surface area (Å²) < 4.78 is 5.26. The fourth-order valence-electron chi connectivity index (χ4n) is 2.94. The molecule has 0 spiro atoms. The van der Waals surface area contributed by atoms with Gasteiger partial charge in [-0.05, 0) is 47.4 Å². The number of benzene rings is 2. The highest BCUT2D eigenvalue weighted by Crippen LogP contribution is 2.24. The van der Waals surface area contributed by atoms with E-state index < -0.39 is 0 Å². The lowest BCUT2D eigenvalue weighted by atomic mass is 9.93. The van der Waals surface area contributed by atoms with Crippen LogP contribution in [0.5, 0.6) is 5.75 Å². The number of carbonyl (C=O) groups is 1. The van der Waals surface area contributed by atoms with E-state index >= 15 is 0 Å². The Morgan fingerprint density at radius 2 is 2.00 bits per heavy atom. The smallest absolute Gasteiger partial charge is 0.137 e. The van der Waals surface area contributed by atoms with E-state index in [0.29, 0.717) is 12.8 Å². The molecule has 0 fully saturated rings. The molecule has 3 aromatic rings. The van der Waals surface area contributed by atoms with Gasteiger partial charge >= 0.3 is 0 Å². The molecule has 24 heavy (non-hydrogen) atoms. The molecule has 0 aliphatic heterocycles. The largest absolute Gasteiger partial charge is 0.497 e. The highest BCUT2D eigenvalue weighted by atomic mass is 16.5. The summed E-state index contributed by atoms with van der Waals surface area (Å²) in [5.41, 5.74) is 3.13. The number of hydrogen-bond acceptors (Lipinski definition) is 3. The predicted molar refractivity (Wildman–Crippen MR) is 96.5 cm³/mol. The molecule has 0 aliphatic carbocycles. The lowest BCUT2D eigenvalue weighted by Gasteiger charge is -2.12. The molecule has 0 saturated carbocycles. The number of ether oxygens (including phenoxy) is 1. The lowest BCUT2D eigenvalue weighted by Crippen LogP contribution is -2.07. The van der Waals surface area contributed by atoms with Crippen LogP contribution in [0.3, 0.4) is 0 Å². The van der Waals surface area contributed by atoms with Crippen molar-refractivity contribution in [2.24, 2.45) is 0 Å². The molecular formula is C21H21NO2. The Kier molecular flexibility index (Phi) is 4.90. The van der Waals surface area contributed by atoms with Crippen molar-refractivity contribution in [1.29, 1.82) is 0 Å². The Morgan fingerprint density at radius 1 is 1.12 bits per heavy atom. The van der Waals surface area contributed by atoms with Crippen molar-refractivity contribution in [3.8, 4) is 5.75 Å². The summed E-state index contributed by atoms with van der Waals surface area (Å²) in [6.45, 7) is 2.08. The third-order valence-electron chi connectivity index (χ3n) is 4.27. The second-order valence-corrected chi connectivity index (χ2v) is 6.13. The van der Waals surface area contributed by atoms with Crippen molar-refractivity contribution in [1.82, 2.24) is 4.98 Å². The van der Waals surface area contributed by atoms with E-state index in [1.807, 2.05) is 48.5 Å². The minimum absolute atomic E-state index is 0.176. The maximum atomic E-state index is 12.4. The van der Waals surface area contributed by atoms with Crippen molar-refractivity contribution in [2.75, 3.05) is 7.11 Å². The second-order valence-electron chi connectivity index (χ2n) is 6.13. The molecule has 122 valence electrons. The van der Waals surface area contributed by atoms with Crippen molar-refractivity contribution in [2.45, 2.75) is 25.7 Å². The number of aromatic nitrogens is 1. The van der Waals surface area contributed by atoms with Crippen LogP contribution < -0.4 is 4.74 Å². The molecule has 0 radical (unpaired) electrons. The second kappa shape index (κ2) is 7.26. The minimum Gasteiger partial charge on any atom is -0.497 e. The van der Waals surface area contributed by atoms with Gasteiger partial charge in [0.1, 0.15) is 11.5 Å². The predicted octanol–water partition coefficient (Wildman–Crippen LogP) is 4.55. The summed E-state index contributed by atoms with van der Waals surface area (Å²) in [6.07, 6.45) is 2.76. The van der Waals surface area contributed by atoms with E-state index in [2.05, 4.69) is 18.0 Å². The Bertz CT molecular complexity index is 857. The van der Waals surface area contributed by atoms with E-state index in [9.17, 15) is 4.79 Å². The van der Waals surface area contributed by atoms with Gasteiger partial charge in [0, 0.05) is 24.4 Å². The molecule has 0 N–H and O–H groups in total. The van der Waals surface area contributed by atoms with Crippen LogP contribution >= 0.6 is 0 Å². The minimum atomic E-state index is 0.176. The Balaban J connectivity index is 1.67. The molecule has 0 saturated heterocycles. The van der Waals surface area contributed by atoms with Crippen LogP contribution in [-0.2, 0) is 11.2 Å². The Hall–Kier alpha value is -2.68. The third-order valence-corrected chi connectivity index (χ3v) is 4.27. The molecule has 3 heteroatoms. The molecule has 0 amide bonds. The quantitative estimate of drug-likeness (QED) is 0.669. The van der Waals surface area contributed by atoms with Crippen molar-refractivity contribution in [3.63, 3.8) is 0 Å². The van der Waals surface area contributed by atoms with Gasteiger partial charge in [-0.3, -0.25) is 9.78 Å². The highest BCUT2D eigenvalue weighted by molar-refractivity contribution is 5.84. The molecule has 1 atom stereocenters. The van der Waals surface area contributed by atoms with E-state index in [1.54, 1.807) is 13.3 Å². The first-order valence-corrected chi connectivity index (χ1v) is 8.15. The molecule has 2 aromatic carbocycles. The van der Waals surface area contributed by atoms with Gasteiger partial charge in [-0.15, -0.1) is 0 Å². The molecule has 1 aromatic heterocycles. The third kappa shape index (κ3) is 3.80. The first kappa shape index (κ1) is 16.2. The van der Waals surface area contributed by atoms with Crippen LogP contribution in [-0.4, -0.2) is 17.9 Å². The topological polar surface area (TPSA) is 39.2 Å². The van der Waals surface area contributed by atoms with E-state index in [4.69, 9.17) is 4.74 Å². The normalized spacial score (nSPS) is 12.1. The van der Waals surface area contributed by atoms with E-state index in [0.717, 1.165) is 27.8 Å². The van der Waals surface area contributed by atoms with Gasteiger partial charge < -0.3 is 4.74 Å². The summed E-state index contributed by atoms with van der Waals surface area (Å²) in [4.78, 5) is 16.7.